The zero-order chi connectivity index (χ0) is 15.1. The number of ether oxygens (including phenoxy) is 2. The van der Waals surface area contributed by atoms with Crippen LogP contribution >= 0.6 is 0 Å². The Morgan fingerprint density at radius 3 is 2.67 bits per heavy atom. The monoisotopic (exact) mass is 296 g/mol. The molecular formula is C14H24N4O3. The molecule has 0 radical (unpaired) electrons. The van der Waals surface area contributed by atoms with Gasteiger partial charge in [-0.1, -0.05) is 0 Å². The third kappa shape index (κ3) is 4.38. The molecule has 7 heteroatoms. The molecule has 1 atom stereocenters. The molecule has 7 nitrogen and oxygen atoms in total. The van der Waals surface area contributed by atoms with Gasteiger partial charge in [-0.3, -0.25) is 9.69 Å². The maximum absolute atomic E-state index is 12.6. The second-order valence-corrected chi connectivity index (χ2v) is 5.61. The van der Waals surface area contributed by atoms with Gasteiger partial charge in [-0.15, -0.1) is 0 Å². The molecule has 1 amide bonds. The largest absolute Gasteiger partial charge is 0.379 e. The number of nitriles is 1. The van der Waals surface area contributed by atoms with Crippen molar-refractivity contribution in [2.24, 2.45) is 5.73 Å². The molecule has 2 aliphatic rings. The van der Waals surface area contributed by atoms with E-state index in [-0.39, 0.29) is 12.5 Å². The Labute approximate surface area is 125 Å². The molecular weight excluding hydrogens is 272 g/mol. The van der Waals surface area contributed by atoms with E-state index in [0.717, 1.165) is 32.8 Å². The number of morpholine rings is 1. The molecule has 0 spiro atoms. The first-order valence-corrected chi connectivity index (χ1v) is 7.49. The molecule has 2 aliphatic heterocycles. The minimum absolute atomic E-state index is 0.0940. The van der Waals surface area contributed by atoms with Crippen molar-refractivity contribution in [1.82, 2.24) is 9.80 Å². The molecule has 2 rings (SSSR count). The van der Waals surface area contributed by atoms with Crippen molar-refractivity contribution >= 4 is 5.91 Å². The molecule has 0 aliphatic carbocycles. The van der Waals surface area contributed by atoms with Crippen LogP contribution < -0.4 is 5.73 Å². The fraction of sp³-hybridized carbons (Fsp3) is 0.857. The standard InChI is InChI=1S/C14H24N4O3/c15-3-1-4-18(6-5-17-7-10-20-11-8-17)13(19)14(16)2-9-21-12-14/h1-2,4-12,16H2. The number of nitrogens with zero attached hydrogens (tertiary/aromatic N) is 3. The first kappa shape index (κ1) is 16.2. The number of hydrogen-bond acceptors (Lipinski definition) is 6. The normalized spacial score (nSPS) is 26.5. The summed E-state index contributed by atoms with van der Waals surface area (Å²) in [6.45, 7) is 5.86. The first-order chi connectivity index (χ1) is 10.2. The number of amides is 1. The third-order valence-corrected chi connectivity index (χ3v) is 4.05. The topological polar surface area (TPSA) is 91.8 Å². The van der Waals surface area contributed by atoms with Gasteiger partial charge in [0.2, 0.25) is 5.91 Å². The van der Waals surface area contributed by atoms with Crippen LogP contribution in [0.25, 0.3) is 0 Å². The molecule has 0 bridgehead atoms. The van der Waals surface area contributed by atoms with E-state index < -0.39 is 5.54 Å². The van der Waals surface area contributed by atoms with Gasteiger partial charge in [0, 0.05) is 39.3 Å². The minimum Gasteiger partial charge on any atom is -0.379 e. The van der Waals surface area contributed by atoms with Gasteiger partial charge < -0.3 is 20.1 Å². The molecule has 2 heterocycles. The Hall–Kier alpha value is -1.20. The maximum Gasteiger partial charge on any atom is 0.245 e. The van der Waals surface area contributed by atoms with Crippen LogP contribution in [0.5, 0.6) is 0 Å². The highest BCUT2D eigenvalue weighted by Gasteiger charge is 2.40. The summed E-state index contributed by atoms with van der Waals surface area (Å²) in [4.78, 5) is 16.6. The Morgan fingerprint density at radius 1 is 1.29 bits per heavy atom. The van der Waals surface area contributed by atoms with E-state index in [0.29, 0.717) is 32.5 Å². The number of rotatable bonds is 6. The van der Waals surface area contributed by atoms with Gasteiger partial charge in [0.1, 0.15) is 5.54 Å². The summed E-state index contributed by atoms with van der Waals surface area (Å²) >= 11 is 0. The smallest absolute Gasteiger partial charge is 0.245 e. The van der Waals surface area contributed by atoms with Gasteiger partial charge in [-0.05, 0) is 6.42 Å². The highest BCUT2D eigenvalue weighted by atomic mass is 16.5. The van der Waals surface area contributed by atoms with Crippen LogP contribution in [0.15, 0.2) is 0 Å². The summed E-state index contributed by atoms with van der Waals surface area (Å²) in [6, 6.07) is 2.09. The highest BCUT2D eigenvalue weighted by Crippen LogP contribution is 2.18. The zero-order valence-electron chi connectivity index (χ0n) is 12.4. The Balaban J connectivity index is 1.90. The van der Waals surface area contributed by atoms with E-state index in [9.17, 15) is 4.79 Å². The van der Waals surface area contributed by atoms with Crippen molar-refractivity contribution in [3.8, 4) is 6.07 Å². The minimum atomic E-state index is -0.916. The molecule has 2 saturated heterocycles. The fourth-order valence-electron chi connectivity index (χ4n) is 2.65. The van der Waals surface area contributed by atoms with Crippen molar-refractivity contribution < 1.29 is 14.3 Å². The van der Waals surface area contributed by atoms with E-state index in [1.54, 1.807) is 4.90 Å². The lowest BCUT2D eigenvalue weighted by Crippen LogP contribution is -2.57. The van der Waals surface area contributed by atoms with E-state index in [4.69, 9.17) is 20.5 Å². The number of hydrogen-bond donors (Lipinski definition) is 1. The predicted octanol–water partition coefficient (Wildman–Crippen LogP) is -0.821. The average Bonchev–Trinajstić information content (AvgIpc) is 2.96. The Bertz CT molecular complexity index is 384. The van der Waals surface area contributed by atoms with E-state index in [1.165, 1.54) is 0 Å². The van der Waals surface area contributed by atoms with Crippen molar-refractivity contribution in [3.63, 3.8) is 0 Å². The second-order valence-electron chi connectivity index (χ2n) is 5.61. The van der Waals surface area contributed by atoms with Crippen molar-refractivity contribution in [1.29, 1.82) is 5.26 Å². The third-order valence-electron chi connectivity index (χ3n) is 4.05. The lowest BCUT2D eigenvalue weighted by atomic mass is 9.98. The van der Waals surface area contributed by atoms with Crippen LogP contribution in [0.2, 0.25) is 0 Å². The van der Waals surface area contributed by atoms with Gasteiger partial charge in [-0.25, -0.2) is 0 Å². The second kappa shape index (κ2) is 7.71. The van der Waals surface area contributed by atoms with Gasteiger partial charge in [0.25, 0.3) is 0 Å². The molecule has 118 valence electrons. The lowest BCUT2D eigenvalue weighted by Gasteiger charge is -2.33. The SMILES string of the molecule is N#CCCN(CCN1CCOCC1)C(=O)C1(N)CCOC1. The van der Waals surface area contributed by atoms with Crippen LogP contribution in [-0.2, 0) is 14.3 Å². The lowest BCUT2D eigenvalue weighted by molar-refractivity contribution is -0.137. The summed E-state index contributed by atoms with van der Waals surface area (Å²) < 4.78 is 10.6. The Kier molecular flexibility index (Phi) is 5.94. The van der Waals surface area contributed by atoms with Crippen molar-refractivity contribution in [2.75, 3.05) is 59.2 Å². The number of nitrogens with two attached hydrogens (primary N) is 1. The highest BCUT2D eigenvalue weighted by molar-refractivity contribution is 5.86. The summed E-state index contributed by atoms with van der Waals surface area (Å²) in [5.41, 5.74) is 5.24. The quantitative estimate of drug-likeness (QED) is 0.688. The molecule has 0 aromatic rings. The summed E-state index contributed by atoms with van der Waals surface area (Å²) in [5, 5.41) is 8.77. The van der Waals surface area contributed by atoms with Gasteiger partial charge in [0.05, 0.1) is 32.3 Å². The van der Waals surface area contributed by atoms with Crippen molar-refractivity contribution in [2.45, 2.75) is 18.4 Å². The Morgan fingerprint density at radius 2 is 2.05 bits per heavy atom. The molecule has 21 heavy (non-hydrogen) atoms. The number of carbonyl (C=O) groups excluding carboxylic acids is 1. The van der Waals surface area contributed by atoms with Crippen LogP contribution in [-0.4, -0.2) is 80.4 Å². The van der Waals surface area contributed by atoms with Crippen LogP contribution in [0.3, 0.4) is 0 Å². The predicted molar refractivity (Wildman–Crippen MR) is 76.4 cm³/mol. The molecule has 2 fully saturated rings. The van der Waals surface area contributed by atoms with Crippen molar-refractivity contribution in [3.05, 3.63) is 0 Å². The summed E-state index contributed by atoms with van der Waals surface area (Å²) in [7, 11) is 0. The van der Waals surface area contributed by atoms with Gasteiger partial charge in [0.15, 0.2) is 0 Å². The number of carbonyl (C=O) groups is 1. The zero-order valence-corrected chi connectivity index (χ0v) is 12.4. The van der Waals surface area contributed by atoms with Crippen LogP contribution in [0.4, 0.5) is 0 Å². The summed E-state index contributed by atoms with van der Waals surface area (Å²) in [6.07, 6.45) is 0.873. The fourth-order valence-corrected chi connectivity index (χ4v) is 2.65. The maximum atomic E-state index is 12.6. The first-order valence-electron chi connectivity index (χ1n) is 7.49. The molecule has 1 unspecified atom stereocenters. The molecule has 0 saturated carbocycles. The molecule has 0 aromatic carbocycles. The van der Waals surface area contributed by atoms with Gasteiger partial charge in [-0.2, -0.15) is 5.26 Å². The average molecular weight is 296 g/mol. The van der Waals surface area contributed by atoms with E-state index >= 15 is 0 Å². The van der Waals surface area contributed by atoms with E-state index in [1.807, 2.05) is 0 Å². The van der Waals surface area contributed by atoms with Gasteiger partial charge >= 0.3 is 0 Å². The van der Waals surface area contributed by atoms with Crippen LogP contribution in [0.1, 0.15) is 12.8 Å². The van der Waals surface area contributed by atoms with E-state index in [2.05, 4.69) is 11.0 Å². The summed E-state index contributed by atoms with van der Waals surface area (Å²) in [5.74, 6) is -0.0940. The molecule has 0 aromatic heterocycles. The van der Waals surface area contributed by atoms with Crippen LogP contribution in [0, 0.1) is 11.3 Å². The molecule has 2 N–H and O–H groups in total.